The molecule has 7 atom stereocenters. The van der Waals surface area contributed by atoms with E-state index in [0.717, 1.165) is 38.5 Å². The first-order chi connectivity index (χ1) is 11.8. The Morgan fingerprint density at radius 2 is 1.84 bits per heavy atom. The second-order valence-corrected chi connectivity index (χ2v) is 9.54. The molecule has 4 aliphatic carbocycles. The Balaban J connectivity index is 1.60. The highest BCUT2D eigenvalue weighted by molar-refractivity contribution is 5.90. The molecule has 4 aliphatic rings. The third-order valence-corrected chi connectivity index (χ3v) is 8.46. The van der Waals surface area contributed by atoms with Crippen molar-refractivity contribution in [3.05, 3.63) is 0 Å². The molecule has 4 rings (SSSR count). The summed E-state index contributed by atoms with van der Waals surface area (Å²) >= 11 is 0. The Morgan fingerprint density at radius 3 is 2.56 bits per heavy atom. The van der Waals surface area contributed by atoms with Crippen molar-refractivity contribution >= 4 is 17.5 Å². The molecule has 0 aromatic rings. The van der Waals surface area contributed by atoms with Crippen LogP contribution in [0.15, 0.2) is 0 Å². The Hall–Kier alpha value is -1.19. The van der Waals surface area contributed by atoms with Gasteiger partial charge in [0.2, 0.25) is 0 Å². The van der Waals surface area contributed by atoms with E-state index >= 15 is 0 Å². The normalized spacial score (nSPS) is 49.2. The molecule has 4 saturated carbocycles. The predicted molar refractivity (Wildman–Crippen MR) is 92.7 cm³/mol. The average Bonchev–Trinajstić information content (AvgIpc) is 2.84. The van der Waals surface area contributed by atoms with Gasteiger partial charge in [-0.3, -0.25) is 14.4 Å². The van der Waals surface area contributed by atoms with Crippen LogP contribution in [0, 0.1) is 34.5 Å². The van der Waals surface area contributed by atoms with Gasteiger partial charge in [-0.2, -0.15) is 0 Å². The van der Waals surface area contributed by atoms with E-state index < -0.39 is 0 Å². The number of hydrogen-bond acceptors (Lipinski definition) is 4. The van der Waals surface area contributed by atoms with Crippen LogP contribution in [0.4, 0.5) is 0 Å². The molecule has 4 heteroatoms. The molecule has 0 spiro atoms. The highest BCUT2D eigenvalue weighted by atomic mass is 16.5. The molecule has 0 amide bonds. The fraction of sp³-hybridized carbons (Fsp3) is 0.857. The van der Waals surface area contributed by atoms with Crippen LogP contribution in [-0.2, 0) is 19.1 Å². The van der Waals surface area contributed by atoms with Crippen LogP contribution in [0.2, 0.25) is 0 Å². The Morgan fingerprint density at radius 1 is 1.08 bits per heavy atom. The van der Waals surface area contributed by atoms with Gasteiger partial charge in [0.15, 0.2) is 0 Å². The summed E-state index contributed by atoms with van der Waals surface area (Å²) in [6, 6.07) is 0. The maximum atomic E-state index is 13.1. The van der Waals surface area contributed by atoms with Gasteiger partial charge >= 0.3 is 5.97 Å². The van der Waals surface area contributed by atoms with Gasteiger partial charge < -0.3 is 4.74 Å². The molecule has 0 N–H and O–H groups in total. The molecule has 0 radical (unpaired) electrons. The van der Waals surface area contributed by atoms with Crippen LogP contribution >= 0.6 is 0 Å². The minimum Gasteiger partial charge on any atom is -0.463 e. The number of carbonyl (C=O) groups is 3. The van der Waals surface area contributed by atoms with Gasteiger partial charge in [-0.25, -0.2) is 0 Å². The molecule has 0 saturated heterocycles. The molecule has 4 fully saturated rings. The first-order valence-corrected chi connectivity index (χ1v) is 9.99. The van der Waals surface area contributed by atoms with Crippen molar-refractivity contribution in [2.24, 2.45) is 34.5 Å². The molecule has 25 heavy (non-hydrogen) atoms. The molecule has 138 valence electrons. The van der Waals surface area contributed by atoms with Crippen molar-refractivity contribution in [2.75, 3.05) is 0 Å². The van der Waals surface area contributed by atoms with Gasteiger partial charge in [0.25, 0.3) is 0 Å². The number of Topliss-reactive ketones (excluding diaryl/α,β-unsaturated/α-hetero) is 2. The number of ether oxygens (including phenoxy) is 1. The lowest BCUT2D eigenvalue weighted by atomic mass is 9.45. The zero-order chi connectivity index (χ0) is 18.0. The van der Waals surface area contributed by atoms with Crippen LogP contribution in [0.25, 0.3) is 0 Å². The van der Waals surface area contributed by atoms with Crippen molar-refractivity contribution in [1.82, 2.24) is 0 Å². The molecule has 0 heterocycles. The number of hydrogen-bond donors (Lipinski definition) is 0. The number of rotatable bonds is 1. The summed E-state index contributed by atoms with van der Waals surface area (Å²) in [6.45, 7) is 5.95. The molecular weight excluding hydrogens is 316 g/mol. The lowest BCUT2D eigenvalue weighted by molar-refractivity contribution is -0.166. The average molecular weight is 346 g/mol. The largest absolute Gasteiger partial charge is 0.463 e. The van der Waals surface area contributed by atoms with Gasteiger partial charge in [-0.15, -0.1) is 0 Å². The number of carbonyl (C=O) groups excluding carboxylic acids is 3. The van der Waals surface area contributed by atoms with E-state index in [1.54, 1.807) is 0 Å². The molecule has 4 nitrogen and oxygen atoms in total. The highest BCUT2D eigenvalue weighted by Crippen LogP contribution is 2.64. The van der Waals surface area contributed by atoms with Gasteiger partial charge in [0, 0.05) is 31.1 Å². The highest BCUT2D eigenvalue weighted by Gasteiger charge is 2.62. The summed E-state index contributed by atoms with van der Waals surface area (Å²) in [5, 5.41) is 0. The molecule has 0 bridgehead atoms. The minimum absolute atomic E-state index is 0.0261. The lowest BCUT2D eigenvalue weighted by Gasteiger charge is -2.59. The van der Waals surface area contributed by atoms with E-state index in [-0.39, 0.29) is 34.7 Å². The third-order valence-electron chi connectivity index (χ3n) is 8.46. The Bertz CT molecular complexity index is 625. The van der Waals surface area contributed by atoms with Gasteiger partial charge in [-0.1, -0.05) is 13.8 Å². The molecular formula is C21H30O4. The van der Waals surface area contributed by atoms with Crippen LogP contribution in [0.5, 0.6) is 0 Å². The van der Waals surface area contributed by atoms with Crippen molar-refractivity contribution in [3.63, 3.8) is 0 Å². The van der Waals surface area contributed by atoms with Gasteiger partial charge in [0.05, 0.1) is 0 Å². The first-order valence-electron chi connectivity index (χ1n) is 9.99. The number of ketones is 2. The first kappa shape index (κ1) is 17.2. The molecule has 7 unspecified atom stereocenters. The van der Waals surface area contributed by atoms with Crippen LogP contribution in [0.3, 0.4) is 0 Å². The monoisotopic (exact) mass is 346 g/mol. The Kier molecular flexibility index (Phi) is 3.90. The van der Waals surface area contributed by atoms with Gasteiger partial charge in [0.1, 0.15) is 17.7 Å². The number of esters is 1. The summed E-state index contributed by atoms with van der Waals surface area (Å²) < 4.78 is 5.46. The molecule has 0 aromatic heterocycles. The van der Waals surface area contributed by atoms with Crippen molar-refractivity contribution in [1.29, 1.82) is 0 Å². The van der Waals surface area contributed by atoms with Gasteiger partial charge in [-0.05, 0) is 61.7 Å². The zero-order valence-electron chi connectivity index (χ0n) is 15.7. The van der Waals surface area contributed by atoms with Crippen molar-refractivity contribution < 1.29 is 19.1 Å². The second kappa shape index (κ2) is 5.65. The second-order valence-electron chi connectivity index (χ2n) is 9.54. The van der Waals surface area contributed by atoms with E-state index in [1.807, 2.05) is 0 Å². The van der Waals surface area contributed by atoms with E-state index in [1.165, 1.54) is 6.92 Å². The molecule has 0 aliphatic heterocycles. The maximum absolute atomic E-state index is 13.1. The summed E-state index contributed by atoms with van der Waals surface area (Å²) in [7, 11) is 0. The standard InChI is InChI=1S/C21H30O4/c1-12(22)25-14-6-8-20(2)13(10-14)11-17(23)19-15-4-5-18(24)21(15,3)9-7-16(19)20/h13-16,19H,4-11H2,1-3H3. The Labute approximate surface area is 150 Å². The van der Waals surface area contributed by atoms with E-state index in [0.29, 0.717) is 36.2 Å². The predicted octanol–water partition coefficient (Wildman–Crippen LogP) is 3.71. The summed E-state index contributed by atoms with van der Waals surface area (Å²) in [6.07, 6.45) is 6.85. The smallest absolute Gasteiger partial charge is 0.302 e. The fourth-order valence-electron chi connectivity index (χ4n) is 7.01. The van der Waals surface area contributed by atoms with Crippen molar-refractivity contribution in [2.45, 2.75) is 78.2 Å². The van der Waals surface area contributed by atoms with Crippen LogP contribution < -0.4 is 0 Å². The SMILES string of the molecule is CC(=O)OC1CCC2(C)C(CC(=O)C3C4CCC(=O)C4(C)CCC32)C1. The van der Waals surface area contributed by atoms with E-state index in [9.17, 15) is 14.4 Å². The lowest BCUT2D eigenvalue weighted by Crippen LogP contribution is -2.57. The summed E-state index contributed by atoms with van der Waals surface area (Å²) in [4.78, 5) is 36.9. The van der Waals surface area contributed by atoms with Crippen LogP contribution in [-0.4, -0.2) is 23.6 Å². The maximum Gasteiger partial charge on any atom is 0.302 e. The summed E-state index contributed by atoms with van der Waals surface area (Å²) in [5.74, 6) is 1.61. The summed E-state index contributed by atoms with van der Waals surface area (Å²) in [5.41, 5.74) is -0.100. The quantitative estimate of drug-likeness (QED) is 0.679. The molecule has 0 aromatic carbocycles. The topological polar surface area (TPSA) is 60.4 Å². The van der Waals surface area contributed by atoms with Crippen LogP contribution in [0.1, 0.15) is 72.1 Å². The zero-order valence-corrected chi connectivity index (χ0v) is 15.7. The van der Waals surface area contributed by atoms with E-state index in [4.69, 9.17) is 4.74 Å². The number of fused-ring (bicyclic) bond motifs is 5. The third kappa shape index (κ3) is 2.43. The minimum atomic E-state index is -0.255. The van der Waals surface area contributed by atoms with Crippen molar-refractivity contribution in [3.8, 4) is 0 Å². The van der Waals surface area contributed by atoms with E-state index in [2.05, 4.69) is 13.8 Å². The fourth-order valence-corrected chi connectivity index (χ4v) is 7.01.